The molecule has 0 N–H and O–H groups in total. The Bertz CT molecular complexity index is 2010. The van der Waals surface area contributed by atoms with Gasteiger partial charge in [0.25, 0.3) is 0 Å². The third-order valence-electron chi connectivity index (χ3n) is 11.1. The normalized spacial score (nSPS) is 20.2. The van der Waals surface area contributed by atoms with Gasteiger partial charge < -0.3 is 4.90 Å². The van der Waals surface area contributed by atoms with Crippen molar-refractivity contribution >= 4 is 38.6 Å². The van der Waals surface area contributed by atoms with Crippen LogP contribution in [0.2, 0.25) is 0 Å². The van der Waals surface area contributed by atoms with Crippen molar-refractivity contribution < 1.29 is 4.58 Å². The quantitative estimate of drug-likeness (QED) is 0.140. The Hall–Kier alpha value is -4.17. The molecule has 4 aromatic rings. The van der Waals surface area contributed by atoms with E-state index in [0.717, 1.165) is 19.4 Å². The van der Waals surface area contributed by atoms with Crippen LogP contribution in [0, 0.1) is 0 Å². The minimum Gasteiger partial charge on any atom is -0.344 e. The van der Waals surface area contributed by atoms with E-state index in [1.807, 2.05) is 0 Å². The van der Waals surface area contributed by atoms with Crippen LogP contribution in [0.3, 0.4) is 0 Å². The summed E-state index contributed by atoms with van der Waals surface area (Å²) in [6, 6.07) is 27.0. The molecule has 0 atom stereocenters. The van der Waals surface area contributed by atoms with Gasteiger partial charge in [-0.25, -0.2) is 0 Å². The zero-order valence-electron chi connectivity index (χ0n) is 29.4. The zero-order chi connectivity index (χ0) is 32.8. The van der Waals surface area contributed by atoms with E-state index in [0.29, 0.717) is 0 Å². The molecular formula is C45H51N2+. The van der Waals surface area contributed by atoms with Crippen LogP contribution in [0.4, 0.5) is 11.4 Å². The summed E-state index contributed by atoms with van der Waals surface area (Å²) in [7, 11) is 2.23. The molecule has 0 radical (unpaired) electrons. The van der Waals surface area contributed by atoms with Crippen molar-refractivity contribution in [2.24, 2.45) is 0 Å². The van der Waals surface area contributed by atoms with Crippen LogP contribution in [-0.2, 0) is 10.8 Å². The summed E-state index contributed by atoms with van der Waals surface area (Å²) in [6.45, 7) is 13.0. The number of hydrogen-bond donors (Lipinski definition) is 0. The van der Waals surface area contributed by atoms with Crippen LogP contribution in [0.15, 0.2) is 120 Å². The molecule has 2 nitrogen and oxygen atoms in total. The fourth-order valence-corrected chi connectivity index (χ4v) is 8.68. The molecule has 2 heteroatoms. The maximum Gasteiger partial charge on any atom is 0.210 e. The Kier molecular flexibility index (Phi) is 8.33. The van der Waals surface area contributed by atoms with Gasteiger partial charge in [-0.15, -0.1) is 0 Å². The molecule has 47 heavy (non-hydrogen) atoms. The van der Waals surface area contributed by atoms with Crippen LogP contribution in [0.5, 0.6) is 0 Å². The lowest BCUT2D eigenvalue weighted by Crippen LogP contribution is -2.27. The molecule has 0 bridgehead atoms. The van der Waals surface area contributed by atoms with Crippen LogP contribution in [0.25, 0.3) is 21.5 Å². The number of hydrogen-bond acceptors (Lipinski definition) is 1. The highest BCUT2D eigenvalue weighted by atomic mass is 15.2. The van der Waals surface area contributed by atoms with Crippen molar-refractivity contribution in [2.45, 2.75) is 90.4 Å². The van der Waals surface area contributed by atoms with Gasteiger partial charge in [0.1, 0.15) is 7.05 Å². The summed E-state index contributed by atoms with van der Waals surface area (Å²) in [6.07, 6.45) is 20.7. The third kappa shape index (κ3) is 5.50. The molecule has 3 aliphatic rings. The summed E-state index contributed by atoms with van der Waals surface area (Å²) in [5, 5.41) is 5.41. The largest absolute Gasteiger partial charge is 0.344 e. The van der Waals surface area contributed by atoms with E-state index in [9.17, 15) is 0 Å². The van der Waals surface area contributed by atoms with Crippen LogP contribution in [0.1, 0.15) is 90.7 Å². The van der Waals surface area contributed by atoms with Gasteiger partial charge in [-0.2, -0.15) is 4.58 Å². The second kappa shape index (κ2) is 12.5. The van der Waals surface area contributed by atoms with Crippen molar-refractivity contribution in [3.63, 3.8) is 0 Å². The molecule has 0 spiro atoms. The van der Waals surface area contributed by atoms with Gasteiger partial charge >= 0.3 is 0 Å². The smallest absolute Gasteiger partial charge is 0.210 e. The van der Waals surface area contributed by atoms with E-state index in [1.165, 1.54) is 98.7 Å². The third-order valence-corrected chi connectivity index (χ3v) is 11.1. The molecule has 0 saturated carbocycles. The van der Waals surface area contributed by atoms with E-state index >= 15 is 0 Å². The number of unbranched alkanes of at least 4 members (excludes halogenated alkanes) is 3. The summed E-state index contributed by atoms with van der Waals surface area (Å²) < 4.78 is 2.40. The summed E-state index contributed by atoms with van der Waals surface area (Å²) in [4.78, 5) is 2.64. The molecule has 0 fully saturated rings. The van der Waals surface area contributed by atoms with Crippen LogP contribution in [-0.4, -0.2) is 23.9 Å². The number of fused-ring (bicyclic) bond motifs is 6. The molecule has 2 aliphatic heterocycles. The lowest BCUT2D eigenvalue weighted by Gasteiger charge is -2.27. The highest BCUT2D eigenvalue weighted by molar-refractivity contribution is 6.07. The Morgan fingerprint density at radius 1 is 0.723 bits per heavy atom. The van der Waals surface area contributed by atoms with E-state index in [4.69, 9.17) is 0 Å². The first-order chi connectivity index (χ1) is 22.7. The van der Waals surface area contributed by atoms with Gasteiger partial charge in [0, 0.05) is 41.1 Å². The highest BCUT2D eigenvalue weighted by Gasteiger charge is 2.44. The predicted octanol–water partition coefficient (Wildman–Crippen LogP) is 11.9. The van der Waals surface area contributed by atoms with Crippen molar-refractivity contribution in [1.82, 2.24) is 0 Å². The first-order valence-corrected chi connectivity index (χ1v) is 17.9. The lowest BCUT2D eigenvalue weighted by molar-refractivity contribution is -0.401. The van der Waals surface area contributed by atoms with Gasteiger partial charge in [0.2, 0.25) is 5.69 Å². The maximum atomic E-state index is 2.64. The van der Waals surface area contributed by atoms with Crippen molar-refractivity contribution in [3.05, 3.63) is 131 Å². The Labute approximate surface area is 282 Å². The van der Waals surface area contributed by atoms with E-state index in [-0.39, 0.29) is 10.8 Å². The summed E-state index contributed by atoms with van der Waals surface area (Å²) >= 11 is 0. The average Bonchev–Trinajstić information content (AvgIpc) is 3.42. The number of benzene rings is 4. The Balaban J connectivity index is 1.20. The minimum atomic E-state index is -0.0619. The maximum absolute atomic E-state index is 2.64. The second-order valence-electron chi connectivity index (χ2n) is 15.0. The second-order valence-corrected chi connectivity index (χ2v) is 15.0. The SMILES string of the molecule is CCCCCCN1/C(=C/C=C2C=C(/C=C/C3=[N+](C)c4ccc5ccccc5c4C3(C)C)CCC/2)C(C)(C)c2c1ccc1ccccc21. The molecule has 0 unspecified atom stereocenters. The van der Waals surface area contributed by atoms with E-state index in [2.05, 4.69) is 154 Å². The monoisotopic (exact) mass is 619 g/mol. The molecule has 0 aromatic heterocycles. The molecule has 7 rings (SSSR count). The molecule has 0 amide bonds. The molecule has 1 aliphatic carbocycles. The van der Waals surface area contributed by atoms with Crippen LogP contribution < -0.4 is 4.90 Å². The number of nitrogens with zero attached hydrogens (tertiary/aromatic N) is 2. The first-order valence-electron chi connectivity index (χ1n) is 17.9. The molecule has 0 saturated heterocycles. The molecule has 240 valence electrons. The fourth-order valence-electron chi connectivity index (χ4n) is 8.68. The Morgan fingerprint density at radius 2 is 1.43 bits per heavy atom. The van der Waals surface area contributed by atoms with E-state index < -0.39 is 0 Å². The number of allylic oxidation sites excluding steroid dienone is 8. The predicted molar refractivity (Wildman–Crippen MR) is 204 cm³/mol. The topological polar surface area (TPSA) is 6.25 Å². The van der Waals surface area contributed by atoms with Crippen molar-refractivity contribution in [3.8, 4) is 0 Å². The van der Waals surface area contributed by atoms with Gasteiger partial charge in [0.15, 0.2) is 5.71 Å². The van der Waals surface area contributed by atoms with E-state index in [1.54, 1.807) is 0 Å². The number of rotatable bonds is 8. The molecule has 4 aromatic carbocycles. The Morgan fingerprint density at radius 3 is 2.17 bits per heavy atom. The highest BCUT2D eigenvalue weighted by Crippen LogP contribution is 2.51. The minimum absolute atomic E-state index is 0.0619. The fraction of sp³-hybridized carbons (Fsp3) is 0.356. The summed E-state index contributed by atoms with van der Waals surface area (Å²) in [5.74, 6) is 0. The average molecular weight is 620 g/mol. The van der Waals surface area contributed by atoms with Gasteiger partial charge in [-0.05, 0) is 96.0 Å². The standard InChI is InChI=1S/C45H51N2/c1-7-8-9-14-30-47-39-27-25-35-19-11-13-21-37(35)43(39)45(4,5)41(47)29-23-33-17-15-16-32(31-33)22-28-40-44(2,3)42-36-20-12-10-18-34(36)24-26-38(42)46(40)6/h10-13,18-29,31H,7-9,14-17,30H2,1-6H3/q+1. The first kappa shape index (κ1) is 31.4. The summed E-state index contributed by atoms with van der Waals surface area (Å²) in [5.41, 5.74) is 11.2. The van der Waals surface area contributed by atoms with Crippen molar-refractivity contribution in [2.75, 3.05) is 18.5 Å². The zero-order valence-corrected chi connectivity index (χ0v) is 29.4. The van der Waals surface area contributed by atoms with Gasteiger partial charge in [-0.3, -0.25) is 0 Å². The van der Waals surface area contributed by atoms with Crippen LogP contribution >= 0.6 is 0 Å². The lowest BCUT2D eigenvalue weighted by atomic mass is 9.79. The van der Waals surface area contributed by atoms with Gasteiger partial charge in [0.05, 0.1) is 5.41 Å². The number of anilines is 1. The molecular weight excluding hydrogens is 569 g/mol. The van der Waals surface area contributed by atoms with Crippen molar-refractivity contribution in [1.29, 1.82) is 0 Å². The molecule has 2 heterocycles. The van der Waals surface area contributed by atoms with Gasteiger partial charge in [-0.1, -0.05) is 113 Å².